The topological polar surface area (TPSA) is 33.1 Å². The summed E-state index contributed by atoms with van der Waals surface area (Å²) >= 11 is 0. The van der Waals surface area contributed by atoms with E-state index < -0.39 is 11.9 Å². The second kappa shape index (κ2) is 7.64. The summed E-state index contributed by atoms with van der Waals surface area (Å²) < 4.78 is 39.4. The highest BCUT2D eigenvalue weighted by molar-refractivity contribution is 5.19. The summed E-state index contributed by atoms with van der Waals surface area (Å²) in [6.07, 6.45) is -2.05. The van der Waals surface area contributed by atoms with Crippen molar-refractivity contribution in [3.63, 3.8) is 0 Å². The monoisotopic (exact) mass is 292 g/mol. The molecule has 0 saturated heterocycles. The molecule has 1 aromatic rings. The second-order valence-corrected chi connectivity index (χ2v) is 4.73. The number of alkyl halides is 3. The predicted octanol–water partition coefficient (Wildman–Crippen LogP) is 2.26. The number of hydrogen-bond donors (Lipinski definition) is 1. The molecule has 0 atom stereocenters. The Morgan fingerprint density at radius 3 is 2.50 bits per heavy atom. The molecule has 0 aliphatic heterocycles. The lowest BCUT2D eigenvalue weighted by atomic mass is 10.2. The molecule has 1 heterocycles. The Morgan fingerprint density at radius 1 is 1.30 bits per heavy atom. The Labute approximate surface area is 117 Å². The van der Waals surface area contributed by atoms with Gasteiger partial charge in [0.15, 0.2) is 5.69 Å². The molecule has 0 fully saturated rings. The zero-order valence-corrected chi connectivity index (χ0v) is 12.3. The molecule has 0 aliphatic rings. The molecule has 0 unspecified atom stereocenters. The fourth-order valence-electron chi connectivity index (χ4n) is 2.10. The van der Waals surface area contributed by atoms with Crippen molar-refractivity contribution in [1.82, 2.24) is 20.0 Å². The molecular weight excluding hydrogens is 269 g/mol. The summed E-state index contributed by atoms with van der Waals surface area (Å²) in [6.45, 7) is 8.04. The Hall–Kier alpha value is -1.08. The van der Waals surface area contributed by atoms with Gasteiger partial charge in [-0.3, -0.25) is 4.68 Å². The maximum absolute atomic E-state index is 12.7. The predicted molar refractivity (Wildman–Crippen MR) is 72.3 cm³/mol. The van der Waals surface area contributed by atoms with Gasteiger partial charge in [0.25, 0.3) is 0 Å². The van der Waals surface area contributed by atoms with E-state index in [0.29, 0.717) is 6.54 Å². The van der Waals surface area contributed by atoms with Crippen LogP contribution in [0.5, 0.6) is 0 Å². The molecule has 1 rings (SSSR count). The first kappa shape index (κ1) is 17.0. The van der Waals surface area contributed by atoms with Crippen LogP contribution in [0.2, 0.25) is 0 Å². The minimum absolute atomic E-state index is 0.195. The fourth-order valence-corrected chi connectivity index (χ4v) is 2.10. The van der Waals surface area contributed by atoms with Crippen LogP contribution in [0.4, 0.5) is 13.2 Å². The first-order chi connectivity index (χ1) is 9.38. The number of nitrogens with zero attached hydrogens (tertiary/aromatic N) is 3. The highest BCUT2D eigenvalue weighted by Gasteiger charge is 2.36. The summed E-state index contributed by atoms with van der Waals surface area (Å²) in [4.78, 5) is 2.28. The number of aryl methyl sites for hydroxylation is 1. The van der Waals surface area contributed by atoms with Gasteiger partial charge in [0.05, 0.1) is 0 Å². The van der Waals surface area contributed by atoms with Crippen LogP contribution in [-0.2, 0) is 19.8 Å². The quantitative estimate of drug-likeness (QED) is 0.746. The highest BCUT2D eigenvalue weighted by Crippen LogP contribution is 2.30. The van der Waals surface area contributed by atoms with Gasteiger partial charge in [0, 0.05) is 25.4 Å². The molecule has 0 aromatic carbocycles. The van der Waals surface area contributed by atoms with E-state index in [2.05, 4.69) is 29.2 Å². The van der Waals surface area contributed by atoms with Gasteiger partial charge >= 0.3 is 6.18 Å². The molecule has 0 amide bonds. The van der Waals surface area contributed by atoms with Gasteiger partial charge in [0.2, 0.25) is 0 Å². The molecule has 20 heavy (non-hydrogen) atoms. The van der Waals surface area contributed by atoms with E-state index in [-0.39, 0.29) is 12.1 Å². The SMILES string of the molecule is CCN(CC)CCCNCc1cn(C)nc1C(F)(F)F. The van der Waals surface area contributed by atoms with Crippen molar-refractivity contribution in [3.05, 3.63) is 17.5 Å². The van der Waals surface area contributed by atoms with Gasteiger partial charge < -0.3 is 10.2 Å². The smallest absolute Gasteiger partial charge is 0.312 e. The van der Waals surface area contributed by atoms with E-state index >= 15 is 0 Å². The minimum atomic E-state index is -4.39. The lowest BCUT2D eigenvalue weighted by Gasteiger charge is -2.17. The van der Waals surface area contributed by atoms with Crippen molar-refractivity contribution < 1.29 is 13.2 Å². The minimum Gasteiger partial charge on any atom is -0.312 e. The number of nitrogens with one attached hydrogen (secondary N) is 1. The highest BCUT2D eigenvalue weighted by atomic mass is 19.4. The van der Waals surface area contributed by atoms with E-state index in [0.717, 1.165) is 26.1 Å². The zero-order chi connectivity index (χ0) is 15.2. The molecule has 0 bridgehead atoms. The van der Waals surface area contributed by atoms with Gasteiger partial charge in [-0.25, -0.2) is 0 Å². The number of rotatable bonds is 8. The standard InChI is InChI=1S/C13H23F3N4/c1-4-20(5-2)8-6-7-17-9-11-10-19(3)18-12(11)13(14,15)16/h10,17H,4-9H2,1-3H3. The van der Waals surface area contributed by atoms with Crippen molar-refractivity contribution in [3.8, 4) is 0 Å². The third-order valence-electron chi connectivity index (χ3n) is 3.21. The van der Waals surface area contributed by atoms with E-state index in [4.69, 9.17) is 0 Å². The first-order valence-electron chi connectivity index (χ1n) is 6.91. The van der Waals surface area contributed by atoms with Gasteiger partial charge in [-0.05, 0) is 32.6 Å². The average molecular weight is 292 g/mol. The maximum atomic E-state index is 12.7. The third-order valence-corrected chi connectivity index (χ3v) is 3.21. The van der Waals surface area contributed by atoms with Crippen LogP contribution in [0.3, 0.4) is 0 Å². The summed E-state index contributed by atoms with van der Waals surface area (Å²) in [5.41, 5.74) is -0.598. The Bertz CT molecular complexity index is 397. The van der Waals surface area contributed by atoms with E-state index in [1.54, 1.807) is 0 Å². The Balaban J connectivity index is 2.39. The van der Waals surface area contributed by atoms with Crippen LogP contribution in [0.25, 0.3) is 0 Å². The average Bonchev–Trinajstić information content (AvgIpc) is 2.75. The summed E-state index contributed by atoms with van der Waals surface area (Å²) in [5.74, 6) is 0. The molecule has 7 heteroatoms. The molecule has 0 saturated carbocycles. The van der Waals surface area contributed by atoms with Crippen molar-refractivity contribution in [2.24, 2.45) is 7.05 Å². The summed E-state index contributed by atoms with van der Waals surface area (Å²) in [6, 6.07) is 0. The molecular formula is C13H23F3N4. The molecule has 1 N–H and O–H groups in total. The van der Waals surface area contributed by atoms with Crippen molar-refractivity contribution in [2.75, 3.05) is 26.2 Å². The van der Waals surface area contributed by atoms with Crippen LogP contribution in [0, 0.1) is 0 Å². The molecule has 116 valence electrons. The Kier molecular flexibility index (Phi) is 6.48. The third kappa shape index (κ3) is 5.13. The van der Waals surface area contributed by atoms with Crippen LogP contribution in [-0.4, -0.2) is 40.9 Å². The number of halogens is 3. The van der Waals surface area contributed by atoms with E-state index in [1.807, 2.05) is 0 Å². The maximum Gasteiger partial charge on any atom is 0.435 e. The molecule has 0 radical (unpaired) electrons. The number of hydrogen-bond acceptors (Lipinski definition) is 3. The molecule has 4 nitrogen and oxygen atoms in total. The van der Waals surface area contributed by atoms with Crippen LogP contribution in [0.1, 0.15) is 31.5 Å². The fraction of sp³-hybridized carbons (Fsp3) is 0.769. The molecule has 0 spiro atoms. The van der Waals surface area contributed by atoms with Crippen LogP contribution < -0.4 is 5.32 Å². The van der Waals surface area contributed by atoms with Gasteiger partial charge in [-0.1, -0.05) is 13.8 Å². The summed E-state index contributed by atoms with van der Waals surface area (Å²) in [5, 5.41) is 6.53. The van der Waals surface area contributed by atoms with Crippen molar-refractivity contribution in [2.45, 2.75) is 33.0 Å². The van der Waals surface area contributed by atoms with Gasteiger partial charge in [-0.15, -0.1) is 0 Å². The van der Waals surface area contributed by atoms with E-state index in [9.17, 15) is 13.2 Å². The first-order valence-corrected chi connectivity index (χ1v) is 6.91. The lowest BCUT2D eigenvalue weighted by molar-refractivity contribution is -0.142. The van der Waals surface area contributed by atoms with E-state index in [1.165, 1.54) is 17.9 Å². The zero-order valence-electron chi connectivity index (χ0n) is 12.3. The number of aromatic nitrogens is 2. The van der Waals surface area contributed by atoms with Crippen molar-refractivity contribution >= 4 is 0 Å². The van der Waals surface area contributed by atoms with Crippen LogP contribution >= 0.6 is 0 Å². The second-order valence-electron chi connectivity index (χ2n) is 4.73. The largest absolute Gasteiger partial charge is 0.435 e. The van der Waals surface area contributed by atoms with Crippen molar-refractivity contribution in [1.29, 1.82) is 0 Å². The molecule has 0 aliphatic carbocycles. The molecule has 1 aromatic heterocycles. The lowest BCUT2D eigenvalue weighted by Crippen LogP contribution is -2.27. The normalized spacial score (nSPS) is 12.3. The Morgan fingerprint density at radius 2 is 1.95 bits per heavy atom. The van der Waals surface area contributed by atoms with Gasteiger partial charge in [0.1, 0.15) is 0 Å². The van der Waals surface area contributed by atoms with Crippen LogP contribution in [0.15, 0.2) is 6.20 Å². The summed E-state index contributed by atoms with van der Waals surface area (Å²) in [7, 11) is 1.50. The van der Waals surface area contributed by atoms with Gasteiger partial charge in [-0.2, -0.15) is 18.3 Å².